The van der Waals surface area contributed by atoms with Gasteiger partial charge in [0.25, 0.3) is 0 Å². The van der Waals surface area contributed by atoms with Crippen molar-refractivity contribution < 1.29 is 19.3 Å². The zero-order valence-electron chi connectivity index (χ0n) is 13.0. The Bertz CT molecular complexity index is 572. The molecule has 2 aromatic rings. The minimum atomic E-state index is -0.777. The van der Waals surface area contributed by atoms with Crippen molar-refractivity contribution in [2.45, 2.75) is 38.1 Å². The van der Waals surface area contributed by atoms with Crippen molar-refractivity contribution in [2.75, 3.05) is 6.61 Å². The van der Waals surface area contributed by atoms with Crippen LogP contribution >= 0.6 is 0 Å². The van der Waals surface area contributed by atoms with Crippen LogP contribution in [0.4, 0.5) is 0 Å². The summed E-state index contributed by atoms with van der Waals surface area (Å²) in [6.45, 7) is 1.45. The number of rotatable bonds is 7. The molecule has 0 aliphatic carbocycles. The Kier molecular flexibility index (Phi) is 5.77. The van der Waals surface area contributed by atoms with Crippen LogP contribution in [0.2, 0.25) is 0 Å². The van der Waals surface area contributed by atoms with Gasteiger partial charge in [-0.2, -0.15) is 0 Å². The molecule has 2 aromatic carbocycles. The Morgan fingerprint density at radius 2 is 1.52 bits per heavy atom. The van der Waals surface area contributed by atoms with Gasteiger partial charge in [0, 0.05) is 6.42 Å². The van der Waals surface area contributed by atoms with E-state index in [0.29, 0.717) is 26.2 Å². The van der Waals surface area contributed by atoms with E-state index in [-0.39, 0.29) is 12.2 Å². The highest BCUT2D eigenvalue weighted by Crippen LogP contribution is 2.23. The Morgan fingerprint density at radius 1 is 0.913 bits per heavy atom. The summed E-state index contributed by atoms with van der Waals surface area (Å²) in [5.41, 5.74) is 2.23. The minimum absolute atomic E-state index is 0.152. The molecule has 1 saturated heterocycles. The lowest BCUT2D eigenvalue weighted by Crippen LogP contribution is -2.29. The zero-order chi connectivity index (χ0) is 15.9. The standard InChI is InChI=1S/C19H22O4/c20-19-11-17(22-13-16-9-5-2-6-10-16)18(23-19)14-21-12-15-7-3-1-4-8-15/h1-10,17-20H,11-14H2. The topological polar surface area (TPSA) is 47.9 Å². The molecule has 3 atom stereocenters. The molecule has 23 heavy (non-hydrogen) atoms. The van der Waals surface area contributed by atoms with Crippen molar-refractivity contribution in [3.05, 3.63) is 71.8 Å². The van der Waals surface area contributed by atoms with E-state index in [0.717, 1.165) is 11.1 Å². The molecule has 122 valence electrons. The van der Waals surface area contributed by atoms with Crippen LogP contribution in [0.1, 0.15) is 17.5 Å². The number of hydrogen-bond donors (Lipinski definition) is 1. The second-order valence-corrected chi connectivity index (χ2v) is 5.70. The second-order valence-electron chi connectivity index (χ2n) is 5.70. The molecule has 0 radical (unpaired) electrons. The first-order chi connectivity index (χ1) is 11.3. The Balaban J connectivity index is 1.47. The van der Waals surface area contributed by atoms with Crippen LogP contribution in [0.25, 0.3) is 0 Å². The number of aliphatic hydroxyl groups is 1. The lowest BCUT2D eigenvalue weighted by molar-refractivity contribution is -0.122. The summed E-state index contributed by atoms with van der Waals surface area (Å²) >= 11 is 0. The molecule has 1 heterocycles. The first-order valence-corrected chi connectivity index (χ1v) is 7.92. The number of ether oxygens (including phenoxy) is 3. The lowest BCUT2D eigenvalue weighted by atomic mass is 10.2. The van der Waals surface area contributed by atoms with Gasteiger partial charge in [0.15, 0.2) is 6.29 Å². The molecule has 4 nitrogen and oxygen atoms in total. The molecule has 0 bridgehead atoms. The van der Waals surface area contributed by atoms with Crippen molar-refractivity contribution >= 4 is 0 Å². The Labute approximate surface area is 136 Å². The second kappa shape index (κ2) is 8.22. The van der Waals surface area contributed by atoms with E-state index in [1.165, 1.54) is 0 Å². The summed E-state index contributed by atoms with van der Waals surface area (Å²) in [6.07, 6.45) is -0.689. The van der Waals surface area contributed by atoms with Crippen LogP contribution < -0.4 is 0 Å². The maximum atomic E-state index is 9.73. The third kappa shape index (κ3) is 4.88. The smallest absolute Gasteiger partial charge is 0.157 e. The fraction of sp³-hybridized carbons (Fsp3) is 0.368. The van der Waals surface area contributed by atoms with Crippen molar-refractivity contribution in [1.82, 2.24) is 0 Å². The van der Waals surface area contributed by atoms with Gasteiger partial charge in [0.1, 0.15) is 6.10 Å². The molecule has 4 heteroatoms. The Hall–Kier alpha value is -1.72. The highest BCUT2D eigenvalue weighted by molar-refractivity contribution is 5.14. The number of hydrogen-bond acceptors (Lipinski definition) is 4. The highest BCUT2D eigenvalue weighted by Gasteiger charge is 2.35. The van der Waals surface area contributed by atoms with Gasteiger partial charge in [-0.1, -0.05) is 60.7 Å². The third-order valence-corrected chi connectivity index (χ3v) is 3.88. The van der Waals surface area contributed by atoms with Crippen LogP contribution in [0.5, 0.6) is 0 Å². The monoisotopic (exact) mass is 314 g/mol. The van der Waals surface area contributed by atoms with E-state index in [1.807, 2.05) is 60.7 Å². The predicted molar refractivity (Wildman–Crippen MR) is 86.6 cm³/mol. The summed E-state index contributed by atoms with van der Waals surface area (Å²) in [5, 5.41) is 9.73. The molecule has 1 aliphatic heterocycles. The summed E-state index contributed by atoms with van der Waals surface area (Å²) in [5.74, 6) is 0. The van der Waals surface area contributed by atoms with Gasteiger partial charge in [0.05, 0.1) is 25.9 Å². The van der Waals surface area contributed by atoms with Gasteiger partial charge in [-0.15, -0.1) is 0 Å². The first kappa shape index (κ1) is 16.1. The van der Waals surface area contributed by atoms with E-state index >= 15 is 0 Å². The predicted octanol–water partition coefficient (Wildman–Crippen LogP) is 2.90. The molecule has 3 rings (SSSR count). The van der Waals surface area contributed by atoms with Crippen LogP contribution in [0.15, 0.2) is 60.7 Å². The van der Waals surface area contributed by atoms with Crippen molar-refractivity contribution in [2.24, 2.45) is 0 Å². The first-order valence-electron chi connectivity index (χ1n) is 7.92. The van der Waals surface area contributed by atoms with E-state index in [4.69, 9.17) is 14.2 Å². The van der Waals surface area contributed by atoms with Gasteiger partial charge in [-0.25, -0.2) is 0 Å². The van der Waals surface area contributed by atoms with Crippen molar-refractivity contribution in [1.29, 1.82) is 0 Å². The van der Waals surface area contributed by atoms with Gasteiger partial charge in [0.2, 0.25) is 0 Å². The normalized spacial score (nSPS) is 24.0. The van der Waals surface area contributed by atoms with Crippen LogP contribution in [-0.2, 0) is 27.4 Å². The maximum Gasteiger partial charge on any atom is 0.157 e. The maximum absolute atomic E-state index is 9.73. The van der Waals surface area contributed by atoms with Crippen LogP contribution in [-0.4, -0.2) is 30.2 Å². The van der Waals surface area contributed by atoms with Crippen LogP contribution in [0.3, 0.4) is 0 Å². The van der Waals surface area contributed by atoms with E-state index < -0.39 is 6.29 Å². The Morgan fingerprint density at radius 3 is 2.17 bits per heavy atom. The van der Waals surface area contributed by atoms with E-state index in [9.17, 15) is 5.11 Å². The summed E-state index contributed by atoms with van der Waals surface area (Å²) in [7, 11) is 0. The largest absolute Gasteiger partial charge is 0.374 e. The molecule has 1 N–H and O–H groups in total. The fourth-order valence-corrected chi connectivity index (χ4v) is 2.66. The average Bonchev–Trinajstić information content (AvgIpc) is 2.95. The fourth-order valence-electron chi connectivity index (χ4n) is 2.66. The molecular formula is C19H22O4. The molecule has 0 amide bonds. The van der Waals surface area contributed by atoms with Gasteiger partial charge >= 0.3 is 0 Å². The van der Waals surface area contributed by atoms with Crippen molar-refractivity contribution in [3.63, 3.8) is 0 Å². The molecule has 3 unspecified atom stereocenters. The quantitative estimate of drug-likeness (QED) is 0.854. The highest BCUT2D eigenvalue weighted by atomic mass is 16.6. The summed E-state index contributed by atoms with van der Waals surface area (Å²) in [6, 6.07) is 20.0. The lowest BCUT2D eigenvalue weighted by Gasteiger charge is -2.19. The molecule has 0 aromatic heterocycles. The third-order valence-electron chi connectivity index (χ3n) is 3.88. The van der Waals surface area contributed by atoms with Gasteiger partial charge in [-0.3, -0.25) is 0 Å². The molecule has 0 spiro atoms. The summed E-state index contributed by atoms with van der Waals surface area (Å²) in [4.78, 5) is 0. The summed E-state index contributed by atoms with van der Waals surface area (Å²) < 4.78 is 17.1. The van der Waals surface area contributed by atoms with Crippen molar-refractivity contribution in [3.8, 4) is 0 Å². The molecule has 1 fully saturated rings. The van der Waals surface area contributed by atoms with E-state index in [2.05, 4.69) is 0 Å². The van der Waals surface area contributed by atoms with Crippen LogP contribution in [0, 0.1) is 0 Å². The molecule has 1 aliphatic rings. The van der Waals surface area contributed by atoms with Gasteiger partial charge in [-0.05, 0) is 11.1 Å². The molecular weight excluding hydrogens is 292 g/mol. The number of benzene rings is 2. The minimum Gasteiger partial charge on any atom is -0.374 e. The van der Waals surface area contributed by atoms with Gasteiger partial charge < -0.3 is 19.3 Å². The van der Waals surface area contributed by atoms with E-state index in [1.54, 1.807) is 0 Å². The average molecular weight is 314 g/mol. The molecule has 0 saturated carbocycles. The zero-order valence-corrected chi connectivity index (χ0v) is 13.0. The number of aliphatic hydroxyl groups excluding tert-OH is 1. The SMILES string of the molecule is OC1CC(OCc2ccccc2)C(COCc2ccccc2)O1.